The van der Waals surface area contributed by atoms with Crippen LogP contribution in [0.4, 0.5) is 0 Å². The molecule has 1 N–H and O–H groups in total. The first-order valence-corrected chi connectivity index (χ1v) is 8.37. The summed E-state index contributed by atoms with van der Waals surface area (Å²) in [6.07, 6.45) is 3.24. The van der Waals surface area contributed by atoms with Crippen LogP contribution < -0.4 is 4.72 Å². The molecule has 102 valence electrons. The van der Waals surface area contributed by atoms with Crippen molar-refractivity contribution in [3.63, 3.8) is 0 Å². The molecule has 1 atom stereocenters. The molecule has 0 aliphatic carbocycles. The molecule has 0 aromatic carbocycles. The first kappa shape index (κ1) is 15.2. The predicted molar refractivity (Wildman–Crippen MR) is 69.9 cm³/mol. The summed E-state index contributed by atoms with van der Waals surface area (Å²) >= 11 is 5.53. The number of alkyl halides is 1. The quantitative estimate of drug-likeness (QED) is 0.572. The van der Waals surface area contributed by atoms with Crippen molar-refractivity contribution in [2.24, 2.45) is 5.92 Å². The lowest BCUT2D eigenvalue weighted by Crippen LogP contribution is -2.41. The fraction of sp³-hybridized carbons (Fsp3) is 1.00. The lowest BCUT2D eigenvalue weighted by Gasteiger charge is -2.28. The Labute approximate surface area is 109 Å². The molecular weight excluding hydrogens is 262 g/mol. The van der Waals surface area contributed by atoms with Gasteiger partial charge in [-0.15, -0.1) is 11.6 Å². The molecule has 1 rings (SSSR count). The SMILES string of the molecule is CC(NS(=O)(=O)CCCCCl)C1CCOCC1. The van der Waals surface area contributed by atoms with E-state index in [4.69, 9.17) is 16.3 Å². The van der Waals surface area contributed by atoms with Crippen molar-refractivity contribution in [3.05, 3.63) is 0 Å². The molecule has 0 radical (unpaired) electrons. The average Bonchev–Trinajstić information content (AvgIpc) is 2.30. The lowest BCUT2D eigenvalue weighted by molar-refractivity contribution is 0.0585. The molecule has 0 spiro atoms. The van der Waals surface area contributed by atoms with Crippen molar-refractivity contribution >= 4 is 21.6 Å². The number of unbranched alkanes of at least 4 members (excludes halogenated alkanes) is 1. The molecule has 0 aromatic heterocycles. The molecule has 0 amide bonds. The zero-order chi connectivity index (χ0) is 12.7. The van der Waals surface area contributed by atoms with Gasteiger partial charge in [-0.25, -0.2) is 13.1 Å². The van der Waals surface area contributed by atoms with Crippen molar-refractivity contribution in [2.45, 2.75) is 38.6 Å². The van der Waals surface area contributed by atoms with Crippen LogP contribution in [0.5, 0.6) is 0 Å². The summed E-state index contributed by atoms with van der Waals surface area (Å²) in [4.78, 5) is 0. The van der Waals surface area contributed by atoms with Crippen LogP contribution in [0.2, 0.25) is 0 Å². The summed E-state index contributed by atoms with van der Waals surface area (Å²) in [5.74, 6) is 1.09. The second kappa shape index (κ2) is 7.56. The number of hydrogen-bond donors (Lipinski definition) is 1. The zero-order valence-corrected chi connectivity index (χ0v) is 11.9. The van der Waals surface area contributed by atoms with E-state index in [9.17, 15) is 8.42 Å². The Morgan fingerprint density at radius 1 is 1.35 bits per heavy atom. The average molecular weight is 284 g/mol. The van der Waals surface area contributed by atoms with Gasteiger partial charge in [-0.05, 0) is 38.5 Å². The van der Waals surface area contributed by atoms with Crippen LogP contribution in [0.15, 0.2) is 0 Å². The second-order valence-corrected chi connectivity index (χ2v) is 6.82. The van der Waals surface area contributed by atoms with Crippen LogP contribution in [-0.2, 0) is 14.8 Å². The highest BCUT2D eigenvalue weighted by Crippen LogP contribution is 2.19. The number of ether oxygens (including phenoxy) is 1. The number of hydrogen-bond acceptors (Lipinski definition) is 3. The van der Waals surface area contributed by atoms with Gasteiger partial charge in [0.05, 0.1) is 5.75 Å². The van der Waals surface area contributed by atoms with Crippen molar-refractivity contribution in [1.29, 1.82) is 0 Å². The van der Waals surface area contributed by atoms with E-state index >= 15 is 0 Å². The molecule has 6 heteroatoms. The van der Waals surface area contributed by atoms with Crippen LogP contribution in [-0.4, -0.2) is 39.3 Å². The topological polar surface area (TPSA) is 55.4 Å². The minimum atomic E-state index is -3.15. The third kappa shape index (κ3) is 6.04. The van der Waals surface area contributed by atoms with Crippen molar-refractivity contribution in [2.75, 3.05) is 24.8 Å². The van der Waals surface area contributed by atoms with E-state index in [-0.39, 0.29) is 11.8 Å². The maximum atomic E-state index is 11.8. The molecule has 4 nitrogen and oxygen atoms in total. The van der Waals surface area contributed by atoms with Gasteiger partial charge < -0.3 is 4.74 Å². The molecule has 0 bridgehead atoms. The smallest absolute Gasteiger partial charge is 0.211 e. The predicted octanol–water partition coefficient (Wildman–Crippen LogP) is 1.74. The largest absolute Gasteiger partial charge is 0.381 e. The van der Waals surface area contributed by atoms with E-state index in [1.165, 1.54) is 0 Å². The fourth-order valence-electron chi connectivity index (χ4n) is 2.04. The molecule has 0 aromatic rings. The van der Waals surface area contributed by atoms with E-state index < -0.39 is 10.0 Å². The summed E-state index contributed by atoms with van der Waals surface area (Å²) in [5, 5.41) is 0. The van der Waals surface area contributed by atoms with E-state index in [2.05, 4.69) is 4.72 Å². The van der Waals surface area contributed by atoms with Crippen LogP contribution in [0, 0.1) is 5.92 Å². The third-order valence-electron chi connectivity index (χ3n) is 3.14. The van der Waals surface area contributed by atoms with Gasteiger partial charge >= 0.3 is 0 Å². The molecule has 1 saturated heterocycles. The summed E-state index contributed by atoms with van der Waals surface area (Å²) in [5.41, 5.74) is 0. The summed E-state index contributed by atoms with van der Waals surface area (Å²) in [6, 6.07) is -0.0000912. The van der Waals surface area contributed by atoms with Gasteiger partial charge in [-0.1, -0.05) is 0 Å². The first-order chi connectivity index (χ1) is 8.05. The van der Waals surface area contributed by atoms with Crippen molar-refractivity contribution in [1.82, 2.24) is 4.72 Å². The Morgan fingerprint density at radius 3 is 2.59 bits per heavy atom. The fourth-order valence-corrected chi connectivity index (χ4v) is 3.69. The number of halogens is 1. The van der Waals surface area contributed by atoms with Gasteiger partial charge in [-0.2, -0.15) is 0 Å². The van der Waals surface area contributed by atoms with Crippen molar-refractivity contribution < 1.29 is 13.2 Å². The molecule has 1 aliphatic rings. The van der Waals surface area contributed by atoms with Gasteiger partial charge in [0.15, 0.2) is 0 Å². The Kier molecular flexibility index (Phi) is 6.77. The highest BCUT2D eigenvalue weighted by Gasteiger charge is 2.24. The van der Waals surface area contributed by atoms with Gasteiger partial charge in [0, 0.05) is 25.1 Å². The molecule has 1 fully saturated rings. The molecule has 0 saturated carbocycles. The Morgan fingerprint density at radius 2 is 2.00 bits per heavy atom. The Hall–Kier alpha value is 0.160. The number of rotatable bonds is 7. The maximum absolute atomic E-state index is 11.8. The summed E-state index contributed by atoms with van der Waals surface area (Å²) in [6.45, 7) is 3.42. The van der Waals surface area contributed by atoms with Gasteiger partial charge in [0.25, 0.3) is 0 Å². The standard InChI is InChI=1S/C11H22ClNO3S/c1-10(11-4-7-16-8-5-11)13-17(14,15)9-3-2-6-12/h10-11,13H,2-9H2,1H3. The number of nitrogens with one attached hydrogen (secondary N) is 1. The second-order valence-electron chi connectivity index (χ2n) is 4.57. The maximum Gasteiger partial charge on any atom is 0.211 e. The van der Waals surface area contributed by atoms with E-state index in [1.54, 1.807) is 0 Å². The zero-order valence-electron chi connectivity index (χ0n) is 10.3. The van der Waals surface area contributed by atoms with E-state index in [0.717, 1.165) is 32.5 Å². The van der Waals surface area contributed by atoms with Gasteiger partial charge in [0.2, 0.25) is 10.0 Å². The van der Waals surface area contributed by atoms with Crippen LogP contribution in [0.1, 0.15) is 32.6 Å². The van der Waals surface area contributed by atoms with E-state index in [0.29, 0.717) is 18.2 Å². The molecule has 1 unspecified atom stereocenters. The summed E-state index contributed by atoms with van der Waals surface area (Å²) < 4.78 is 31.6. The lowest BCUT2D eigenvalue weighted by atomic mass is 9.94. The minimum Gasteiger partial charge on any atom is -0.381 e. The Bertz CT molecular complexity index is 302. The van der Waals surface area contributed by atoms with Gasteiger partial charge in [0.1, 0.15) is 0 Å². The highest BCUT2D eigenvalue weighted by molar-refractivity contribution is 7.89. The monoisotopic (exact) mass is 283 g/mol. The third-order valence-corrected chi connectivity index (χ3v) is 4.96. The van der Waals surface area contributed by atoms with Crippen LogP contribution in [0.3, 0.4) is 0 Å². The van der Waals surface area contributed by atoms with Crippen LogP contribution in [0.25, 0.3) is 0 Å². The van der Waals surface area contributed by atoms with Crippen LogP contribution >= 0.6 is 11.6 Å². The molecule has 1 aliphatic heterocycles. The van der Waals surface area contributed by atoms with E-state index in [1.807, 2.05) is 6.92 Å². The summed E-state index contributed by atoms with van der Waals surface area (Å²) in [7, 11) is -3.15. The normalized spacial score (nSPS) is 20.4. The molecule has 1 heterocycles. The highest BCUT2D eigenvalue weighted by atomic mass is 35.5. The molecule has 17 heavy (non-hydrogen) atoms. The van der Waals surface area contributed by atoms with Crippen molar-refractivity contribution in [3.8, 4) is 0 Å². The number of sulfonamides is 1. The molecular formula is C11H22ClNO3S. The minimum absolute atomic E-state index is 0.0000912. The first-order valence-electron chi connectivity index (χ1n) is 6.19. The Balaban J connectivity index is 2.34. The van der Waals surface area contributed by atoms with Gasteiger partial charge in [-0.3, -0.25) is 0 Å².